The summed E-state index contributed by atoms with van der Waals surface area (Å²) < 4.78 is 2.09. The molecule has 3 aromatic rings. The number of nitrogens with one attached hydrogen (secondary N) is 2. The lowest BCUT2D eigenvalue weighted by atomic mass is 10.3. The SMILES string of the molecule is C[C@@H](Nc1nc2ccccc2s1)C(=O)N/N=C\c1cc(Br)cs1. The number of amides is 1. The number of halogens is 1. The summed E-state index contributed by atoms with van der Waals surface area (Å²) in [6, 6.07) is 9.38. The number of thiophene rings is 1. The molecule has 1 amide bonds. The first-order valence-electron chi connectivity index (χ1n) is 6.81. The number of hydrazone groups is 1. The van der Waals surface area contributed by atoms with Crippen molar-refractivity contribution < 1.29 is 4.79 Å². The Morgan fingerprint density at radius 2 is 2.26 bits per heavy atom. The van der Waals surface area contributed by atoms with Crippen LogP contribution in [0.1, 0.15) is 11.8 Å². The smallest absolute Gasteiger partial charge is 0.262 e. The van der Waals surface area contributed by atoms with Gasteiger partial charge in [-0.15, -0.1) is 11.3 Å². The van der Waals surface area contributed by atoms with Gasteiger partial charge in [0.15, 0.2) is 5.13 Å². The molecule has 0 aliphatic heterocycles. The maximum Gasteiger partial charge on any atom is 0.262 e. The molecular weight excluding hydrogens is 396 g/mol. The highest BCUT2D eigenvalue weighted by Crippen LogP contribution is 2.25. The number of aromatic nitrogens is 1. The Bertz CT molecular complexity index is 825. The Morgan fingerprint density at radius 3 is 3.00 bits per heavy atom. The zero-order valence-corrected chi connectivity index (χ0v) is 15.3. The Balaban J connectivity index is 1.57. The minimum absolute atomic E-state index is 0.212. The molecule has 118 valence electrons. The summed E-state index contributed by atoms with van der Waals surface area (Å²) in [5.74, 6) is -0.212. The molecule has 0 unspecified atom stereocenters. The van der Waals surface area contributed by atoms with E-state index in [0.717, 1.165) is 24.7 Å². The lowest BCUT2D eigenvalue weighted by Gasteiger charge is -2.10. The van der Waals surface area contributed by atoms with E-state index >= 15 is 0 Å². The van der Waals surface area contributed by atoms with Gasteiger partial charge in [0.05, 0.1) is 16.4 Å². The van der Waals surface area contributed by atoms with Crippen molar-refractivity contribution in [1.29, 1.82) is 0 Å². The molecule has 0 radical (unpaired) electrons. The number of hydrogen-bond donors (Lipinski definition) is 2. The van der Waals surface area contributed by atoms with Gasteiger partial charge in [0.25, 0.3) is 5.91 Å². The van der Waals surface area contributed by atoms with E-state index in [2.05, 4.69) is 36.8 Å². The molecule has 5 nitrogen and oxygen atoms in total. The molecule has 1 aromatic carbocycles. The van der Waals surface area contributed by atoms with Gasteiger partial charge >= 0.3 is 0 Å². The number of rotatable bonds is 5. The second kappa shape index (κ2) is 7.20. The molecule has 8 heteroatoms. The average molecular weight is 409 g/mol. The van der Waals surface area contributed by atoms with Crippen molar-refractivity contribution >= 4 is 66.1 Å². The molecule has 3 rings (SSSR count). The summed E-state index contributed by atoms with van der Waals surface area (Å²) in [6.07, 6.45) is 1.62. The zero-order chi connectivity index (χ0) is 16.2. The third-order valence-corrected chi connectivity index (χ3v) is 5.58. The summed E-state index contributed by atoms with van der Waals surface area (Å²) in [4.78, 5) is 17.5. The minimum atomic E-state index is -0.428. The number of fused-ring (bicyclic) bond motifs is 1. The van der Waals surface area contributed by atoms with Crippen LogP contribution >= 0.6 is 38.6 Å². The predicted molar refractivity (Wildman–Crippen MR) is 100 cm³/mol. The van der Waals surface area contributed by atoms with Crippen LogP contribution in [0.3, 0.4) is 0 Å². The van der Waals surface area contributed by atoms with Crippen LogP contribution in [0.15, 0.2) is 45.3 Å². The second-order valence-electron chi connectivity index (χ2n) is 4.75. The van der Waals surface area contributed by atoms with Gasteiger partial charge in [0.1, 0.15) is 6.04 Å². The van der Waals surface area contributed by atoms with Gasteiger partial charge in [-0.05, 0) is 41.1 Å². The van der Waals surface area contributed by atoms with E-state index < -0.39 is 6.04 Å². The Morgan fingerprint density at radius 1 is 1.43 bits per heavy atom. The zero-order valence-electron chi connectivity index (χ0n) is 12.1. The molecule has 2 N–H and O–H groups in total. The largest absolute Gasteiger partial charge is 0.350 e. The number of benzene rings is 1. The maximum atomic E-state index is 12.0. The van der Waals surface area contributed by atoms with Gasteiger partial charge in [-0.25, -0.2) is 10.4 Å². The van der Waals surface area contributed by atoms with Gasteiger partial charge in [0.2, 0.25) is 0 Å². The summed E-state index contributed by atoms with van der Waals surface area (Å²) in [6.45, 7) is 1.78. The number of carbonyl (C=O) groups excluding carboxylic acids is 1. The fourth-order valence-electron chi connectivity index (χ4n) is 1.84. The molecule has 1 atom stereocenters. The number of para-hydroxylation sites is 1. The van der Waals surface area contributed by atoms with Crippen molar-refractivity contribution in [2.24, 2.45) is 5.10 Å². The highest BCUT2D eigenvalue weighted by atomic mass is 79.9. The molecule has 2 heterocycles. The predicted octanol–water partition coefficient (Wildman–Crippen LogP) is 4.07. The number of hydrogen-bond acceptors (Lipinski definition) is 6. The first kappa shape index (κ1) is 16.1. The van der Waals surface area contributed by atoms with Gasteiger partial charge < -0.3 is 5.32 Å². The highest BCUT2D eigenvalue weighted by Gasteiger charge is 2.14. The van der Waals surface area contributed by atoms with Crippen molar-refractivity contribution in [1.82, 2.24) is 10.4 Å². The standard InChI is InChI=1S/C15H13BrN4OS2/c1-9(14(21)20-17-7-11-6-10(16)8-22-11)18-15-19-12-4-2-3-5-13(12)23-15/h2-9H,1H3,(H,18,19)(H,20,21)/b17-7-/t9-/m1/s1. The van der Waals surface area contributed by atoms with Crippen LogP contribution in [-0.4, -0.2) is 23.1 Å². The first-order chi connectivity index (χ1) is 11.1. The van der Waals surface area contributed by atoms with Gasteiger partial charge in [-0.3, -0.25) is 4.79 Å². The van der Waals surface area contributed by atoms with Crippen LogP contribution in [0.2, 0.25) is 0 Å². The normalized spacial score (nSPS) is 12.6. The fourth-order valence-corrected chi connectivity index (χ4v) is 4.09. The third kappa shape index (κ3) is 4.15. The number of thiazole rings is 1. The first-order valence-corrected chi connectivity index (χ1v) is 9.30. The van der Waals surface area contributed by atoms with Crippen molar-refractivity contribution in [3.8, 4) is 0 Å². The van der Waals surface area contributed by atoms with Crippen LogP contribution < -0.4 is 10.7 Å². The quantitative estimate of drug-likeness (QED) is 0.493. The van der Waals surface area contributed by atoms with Gasteiger partial charge in [-0.2, -0.15) is 5.10 Å². The van der Waals surface area contributed by atoms with Crippen LogP contribution in [0.25, 0.3) is 10.2 Å². The van der Waals surface area contributed by atoms with Crippen molar-refractivity contribution in [3.63, 3.8) is 0 Å². The molecule has 23 heavy (non-hydrogen) atoms. The summed E-state index contributed by atoms with van der Waals surface area (Å²) in [5.41, 5.74) is 3.46. The monoisotopic (exact) mass is 408 g/mol. The van der Waals surface area contributed by atoms with E-state index in [-0.39, 0.29) is 5.91 Å². The number of anilines is 1. The second-order valence-corrected chi connectivity index (χ2v) is 7.64. The van der Waals surface area contributed by atoms with Gasteiger partial charge in [-0.1, -0.05) is 23.5 Å². The molecule has 0 spiro atoms. The van der Waals surface area contributed by atoms with Crippen LogP contribution in [-0.2, 0) is 4.79 Å². The molecule has 0 saturated carbocycles. The van der Waals surface area contributed by atoms with Gasteiger partial charge in [0, 0.05) is 14.7 Å². The molecule has 0 bridgehead atoms. The summed E-state index contributed by atoms with van der Waals surface area (Å²) in [5, 5.41) is 9.75. The van der Waals surface area contributed by atoms with Crippen molar-refractivity contribution in [3.05, 3.63) is 45.1 Å². The topological polar surface area (TPSA) is 66.4 Å². The van der Waals surface area contributed by atoms with Crippen LogP contribution in [0.5, 0.6) is 0 Å². The van der Waals surface area contributed by atoms with E-state index in [1.165, 1.54) is 11.3 Å². The Hall–Kier alpha value is -1.77. The molecule has 0 aliphatic carbocycles. The van der Waals surface area contributed by atoms with Crippen LogP contribution in [0, 0.1) is 0 Å². The average Bonchev–Trinajstić information content (AvgIpc) is 3.12. The lowest BCUT2D eigenvalue weighted by Crippen LogP contribution is -2.34. The lowest BCUT2D eigenvalue weighted by molar-refractivity contribution is -0.121. The Labute approximate surface area is 149 Å². The summed E-state index contributed by atoms with van der Waals surface area (Å²) >= 11 is 6.44. The van der Waals surface area contributed by atoms with E-state index in [4.69, 9.17) is 0 Å². The molecule has 0 saturated heterocycles. The highest BCUT2D eigenvalue weighted by molar-refractivity contribution is 9.10. The van der Waals surface area contributed by atoms with E-state index in [0.29, 0.717) is 0 Å². The third-order valence-electron chi connectivity index (χ3n) is 2.98. The maximum absolute atomic E-state index is 12.0. The molecule has 0 aliphatic rings. The number of carbonyl (C=O) groups is 1. The summed E-state index contributed by atoms with van der Waals surface area (Å²) in [7, 11) is 0. The minimum Gasteiger partial charge on any atom is -0.350 e. The fraction of sp³-hybridized carbons (Fsp3) is 0.133. The Kier molecular flexibility index (Phi) is 5.04. The molecular formula is C15H13BrN4OS2. The van der Waals surface area contributed by atoms with E-state index in [1.54, 1.807) is 24.5 Å². The van der Waals surface area contributed by atoms with E-state index in [9.17, 15) is 4.79 Å². The molecule has 2 aromatic heterocycles. The number of nitrogens with zero attached hydrogens (tertiary/aromatic N) is 2. The van der Waals surface area contributed by atoms with E-state index in [1.807, 2.05) is 35.7 Å². The van der Waals surface area contributed by atoms with Crippen LogP contribution in [0.4, 0.5) is 5.13 Å². The van der Waals surface area contributed by atoms with Crippen molar-refractivity contribution in [2.75, 3.05) is 5.32 Å². The van der Waals surface area contributed by atoms with Crippen molar-refractivity contribution in [2.45, 2.75) is 13.0 Å². The molecule has 0 fully saturated rings.